The monoisotopic (exact) mass is 257 g/mol. The van der Waals surface area contributed by atoms with Crippen molar-refractivity contribution in [1.29, 1.82) is 5.26 Å². The van der Waals surface area contributed by atoms with E-state index in [1.54, 1.807) is 6.92 Å². The van der Waals surface area contributed by atoms with Crippen molar-refractivity contribution >= 4 is 11.6 Å². The van der Waals surface area contributed by atoms with Crippen LogP contribution in [0.1, 0.15) is 25.5 Å². The van der Waals surface area contributed by atoms with Crippen molar-refractivity contribution in [1.82, 2.24) is 0 Å². The molecule has 3 unspecified atom stereocenters. The minimum Gasteiger partial charge on any atom is -0.391 e. The molecule has 17 heavy (non-hydrogen) atoms. The van der Waals surface area contributed by atoms with E-state index in [4.69, 9.17) is 21.6 Å². The van der Waals surface area contributed by atoms with Crippen molar-refractivity contribution in [3.8, 4) is 6.07 Å². The van der Waals surface area contributed by atoms with Crippen molar-refractivity contribution < 1.29 is 14.2 Å². The molecular formula is C12H13ClFNO2. The van der Waals surface area contributed by atoms with Crippen molar-refractivity contribution in [2.45, 2.75) is 32.2 Å². The highest BCUT2D eigenvalue weighted by Crippen LogP contribution is 2.24. The van der Waals surface area contributed by atoms with Crippen LogP contribution in [0, 0.1) is 17.1 Å². The molecule has 1 aromatic rings. The van der Waals surface area contributed by atoms with E-state index in [2.05, 4.69) is 0 Å². The zero-order chi connectivity index (χ0) is 13.0. The maximum Gasteiger partial charge on any atom is 0.172 e. The third-order valence-electron chi connectivity index (χ3n) is 2.39. The van der Waals surface area contributed by atoms with E-state index in [9.17, 15) is 9.50 Å². The van der Waals surface area contributed by atoms with E-state index in [1.807, 2.05) is 6.07 Å². The Morgan fingerprint density at radius 3 is 2.59 bits per heavy atom. The largest absolute Gasteiger partial charge is 0.391 e. The number of nitrogens with zero attached hydrogens (tertiary/aromatic N) is 1. The van der Waals surface area contributed by atoms with E-state index in [0.717, 1.165) is 6.07 Å². The van der Waals surface area contributed by atoms with E-state index < -0.39 is 24.1 Å². The summed E-state index contributed by atoms with van der Waals surface area (Å²) in [6.45, 7) is 3.15. The Morgan fingerprint density at radius 1 is 1.47 bits per heavy atom. The van der Waals surface area contributed by atoms with E-state index in [1.165, 1.54) is 19.1 Å². The molecule has 1 rings (SSSR count). The second-order valence-electron chi connectivity index (χ2n) is 3.76. The van der Waals surface area contributed by atoms with Gasteiger partial charge in [0.15, 0.2) is 6.10 Å². The lowest BCUT2D eigenvalue weighted by molar-refractivity contribution is -0.0435. The van der Waals surface area contributed by atoms with Gasteiger partial charge in [-0.25, -0.2) is 4.39 Å². The van der Waals surface area contributed by atoms with Crippen LogP contribution in [0.2, 0.25) is 5.02 Å². The zero-order valence-corrected chi connectivity index (χ0v) is 10.3. The summed E-state index contributed by atoms with van der Waals surface area (Å²) in [6, 6.07) is 5.86. The molecular weight excluding hydrogens is 245 g/mol. The van der Waals surface area contributed by atoms with Crippen LogP contribution in [-0.2, 0) is 4.74 Å². The average Bonchev–Trinajstić information content (AvgIpc) is 2.26. The standard InChI is InChI=1S/C12H13ClFNO2/c1-7(16)8(2)17-12(6-15)10-4-3-9(13)5-11(10)14/h3-5,7-8,12,16H,1-2H3. The molecule has 0 aliphatic carbocycles. The molecule has 3 nitrogen and oxygen atoms in total. The van der Waals surface area contributed by atoms with Gasteiger partial charge in [-0.05, 0) is 26.0 Å². The lowest BCUT2D eigenvalue weighted by Crippen LogP contribution is -2.24. The zero-order valence-electron chi connectivity index (χ0n) is 9.52. The van der Waals surface area contributed by atoms with Gasteiger partial charge in [-0.1, -0.05) is 17.7 Å². The van der Waals surface area contributed by atoms with Gasteiger partial charge in [0.25, 0.3) is 0 Å². The van der Waals surface area contributed by atoms with Gasteiger partial charge in [0.05, 0.1) is 18.3 Å². The Balaban J connectivity index is 2.91. The second-order valence-corrected chi connectivity index (χ2v) is 4.19. The highest BCUT2D eigenvalue weighted by Gasteiger charge is 2.21. The molecule has 0 radical (unpaired) electrons. The highest BCUT2D eigenvalue weighted by atomic mass is 35.5. The molecule has 92 valence electrons. The van der Waals surface area contributed by atoms with Gasteiger partial charge < -0.3 is 9.84 Å². The fourth-order valence-electron chi connectivity index (χ4n) is 1.22. The lowest BCUT2D eigenvalue weighted by Gasteiger charge is -2.20. The molecule has 0 heterocycles. The van der Waals surface area contributed by atoms with Crippen LogP contribution in [0.3, 0.4) is 0 Å². The maximum absolute atomic E-state index is 13.6. The number of hydrogen-bond donors (Lipinski definition) is 1. The Labute approximate surface area is 104 Å². The van der Waals surface area contributed by atoms with Gasteiger partial charge in [-0.3, -0.25) is 0 Å². The van der Waals surface area contributed by atoms with E-state index in [-0.39, 0.29) is 10.6 Å². The van der Waals surface area contributed by atoms with Crippen LogP contribution in [0.5, 0.6) is 0 Å². The third kappa shape index (κ3) is 3.67. The number of aliphatic hydroxyl groups excluding tert-OH is 1. The van der Waals surface area contributed by atoms with Crippen LogP contribution >= 0.6 is 11.6 Å². The molecule has 0 aliphatic heterocycles. The lowest BCUT2D eigenvalue weighted by atomic mass is 10.1. The second kappa shape index (κ2) is 5.97. The first-order valence-electron chi connectivity index (χ1n) is 5.13. The summed E-state index contributed by atoms with van der Waals surface area (Å²) in [4.78, 5) is 0. The molecule has 5 heteroatoms. The Hall–Kier alpha value is -1.15. The summed E-state index contributed by atoms with van der Waals surface area (Å²) in [5.74, 6) is -0.596. The maximum atomic E-state index is 13.6. The predicted octanol–water partition coefficient (Wildman–Crippen LogP) is 2.83. The Morgan fingerprint density at radius 2 is 2.12 bits per heavy atom. The Kier molecular flexibility index (Phi) is 4.88. The van der Waals surface area contributed by atoms with E-state index in [0.29, 0.717) is 0 Å². The number of ether oxygens (including phenoxy) is 1. The third-order valence-corrected chi connectivity index (χ3v) is 2.63. The number of hydrogen-bond acceptors (Lipinski definition) is 3. The topological polar surface area (TPSA) is 53.2 Å². The van der Waals surface area contributed by atoms with Gasteiger partial charge in [-0.2, -0.15) is 5.26 Å². The number of benzene rings is 1. The fraction of sp³-hybridized carbons (Fsp3) is 0.417. The van der Waals surface area contributed by atoms with Gasteiger partial charge in [-0.15, -0.1) is 0 Å². The van der Waals surface area contributed by atoms with Gasteiger partial charge in [0, 0.05) is 10.6 Å². The molecule has 0 aromatic heterocycles. The molecule has 0 fully saturated rings. The SMILES string of the molecule is CC(O)C(C)OC(C#N)c1ccc(Cl)cc1F. The van der Waals surface area contributed by atoms with Crippen LogP contribution < -0.4 is 0 Å². The molecule has 0 amide bonds. The fourth-order valence-corrected chi connectivity index (χ4v) is 1.37. The molecule has 0 saturated carbocycles. The minimum absolute atomic E-state index is 0.115. The van der Waals surface area contributed by atoms with Crippen molar-refractivity contribution in [2.75, 3.05) is 0 Å². The molecule has 0 saturated heterocycles. The molecule has 3 atom stereocenters. The molecule has 0 bridgehead atoms. The number of halogens is 2. The summed E-state index contributed by atoms with van der Waals surface area (Å²) < 4.78 is 18.8. The van der Waals surface area contributed by atoms with E-state index >= 15 is 0 Å². The normalized spacial score (nSPS) is 16.0. The van der Waals surface area contributed by atoms with Crippen LogP contribution in [0.4, 0.5) is 4.39 Å². The van der Waals surface area contributed by atoms with Crippen molar-refractivity contribution in [3.63, 3.8) is 0 Å². The summed E-state index contributed by atoms with van der Waals surface area (Å²) >= 11 is 5.62. The van der Waals surface area contributed by atoms with Crippen molar-refractivity contribution in [3.05, 3.63) is 34.6 Å². The smallest absolute Gasteiger partial charge is 0.172 e. The van der Waals surface area contributed by atoms with Gasteiger partial charge >= 0.3 is 0 Å². The first kappa shape index (κ1) is 13.9. The van der Waals surface area contributed by atoms with Crippen molar-refractivity contribution in [2.24, 2.45) is 0 Å². The van der Waals surface area contributed by atoms with Gasteiger partial charge in [0.2, 0.25) is 0 Å². The quantitative estimate of drug-likeness (QED) is 0.902. The highest BCUT2D eigenvalue weighted by molar-refractivity contribution is 6.30. The average molecular weight is 258 g/mol. The summed E-state index contributed by atoms with van der Waals surface area (Å²) in [5, 5.41) is 18.5. The molecule has 0 spiro atoms. The summed E-state index contributed by atoms with van der Waals surface area (Å²) in [7, 11) is 0. The van der Waals surface area contributed by atoms with Crippen LogP contribution in [-0.4, -0.2) is 17.3 Å². The van der Waals surface area contributed by atoms with Crippen LogP contribution in [0.15, 0.2) is 18.2 Å². The first-order valence-corrected chi connectivity index (χ1v) is 5.51. The summed E-state index contributed by atoms with van der Waals surface area (Å²) in [6.07, 6.45) is -2.35. The first-order chi connectivity index (χ1) is 7.95. The minimum atomic E-state index is -1.06. The van der Waals surface area contributed by atoms with Crippen LogP contribution in [0.25, 0.3) is 0 Å². The van der Waals surface area contributed by atoms with Gasteiger partial charge in [0.1, 0.15) is 5.82 Å². The number of rotatable bonds is 4. The predicted molar refractivity (Wildman–Crippen MR) is 62.0 cm³/mol. The molecule has 1 aromatic carbocycles. The number of aliphatic hydroxyl groups is 1. The molecule has 0 aliphatic rings. The Bertz CT molecular complexity index is 431. The summed E-state index contributed by atoms with van der Waals surface area (Å²) in [5.41, 5.74) is 0.115. The number of nitriles is 1. The molecule has 1 N–H and O–H groups in total.